The molecule has 3 aromatic heterocycles. The summed E-state index contributed by atoms with van der Waals surface area (Å²) in [7, 11) is 5.99. The summed E-state index contributed by atoms with van der Waals surface area (Å²) in [6, 6.07) is 10.9. The van der Waals surface area contributed by atoms with Crippen molar-refractivity contribution in [2.24, 2.45) is 0 Å². The minimum absolute atomic E-state index is 0.0673. The monoisotopic (exact) mass is 633 g/mol. The van der Waals surface area contributed by atoms with E-state index in [1.54, 1.807) is 43.5 Å². The fourth-order valence-electron chi connectivity index (χ4n) is 5.15. The van der Waals surface area contributed by atoms with Crippen molar-refractivity contribution in [3.05, 3.63) is 112 Å². The third-order valence-electron chi connectivity index (χ3n) is 7.23. The molecule has 3 heterocycles. The van der Waals surface area contributed by atoms with Crippen molar-refractivity contribution in [2.75, 3.05) is 21.1 Å². The van der Waals surface area contributed by atoms with Crippen LogP contribution in [0.1, 0.15) is 42.3 Å². The molecule has 0 spiro atoms. The number of halogens is 3. The normalized spacial score (nSPS) is 12.6. The van der Waals surface area contributed by atoms with Crippen LogP contribution in [0.4, 0.5) is 23.7 Å². The Kier molecular flexibility index (Phi) is 8.46. The van der Waals surface area contributed by atoms with E-state index < -0.39 is 29.5 Å². The lowest BCUT2D eigenvalue weighted by Crippen LogP contribution is -2.39. The Balaban J connectivity index is 1.65. The van der Waals surface area contributed by atoms with Gasteiger partial charge in [-0.1, -0.05) is 25.1 Å². The maximum Gasteiger partial charge on any atom is 0.416 e. The Morgan fingerprint density at radius 3 is 2.46 bits per heavy atom. The van der Waals surface area contributed by atoms with Crippen LogP contribution in [0.5, 0.6) is 0 Å². The second-order valence-electron chi connectivity index (χ2n) is 11.7. The van der Waals surface area contributed by atoms with E-state index in [2.05, 4.69) is 20.2 Å². The predicted octanol–water partition coefficient (Wildman–Crippen LogP) is 6.27. The molecule has 14 heteroatoms. The molecule has 5 aromatic rings. The lowest BCUT2D eigenvalue weighted by Gasteiger charge is -2.22. The molecular formula is C32H32F3N8O3+. The van der Waals surface area contributed by atoms with Crippen LogP contribution in [0.3, 0.4) is 0 Å². The van der Waals surface area contributed by atoms with Crippen LogP contribution in [0, 0.1) is 13.5 Å². The summed E-state index contributed by atoms with van der Waals surface area (Å²) in [6.45, 7) is 11.2. The van der Waals surface area contributed by atoms with E-state index in [-0.39, 0.29) is 23.0 Å². The summed E-state index contributed by atoms with van der Waals surface area (Å²) in [5.41, 5.74) is -0.319. The number of rotatable bonds is 8. The van der Waals surface area contributed by atoms with Gasteiger partial charge in [-0.2, -0.15) is 18.3 Å². The van der Waals surface area contributed by atoms with Crippen molar-refractivity contribution in [3.63, 3.8) is 0 Å². The maximum absolute atomic E-state index is 14.1. The molecule has 0 bridgehead atoms. The van der Waals surface area contributed by atoms with E-state index in [4.69, 9.17) is 11.0 Å². The number of nitrogens with one attached hydrogen (secondary N) is 1. The van der Waals surface area contributed by atoms with Crippen molar-refractivity contribution in [1.29, 1.82) is 0 Å². The number of carbonyl (C=O) groups is 1. The molecule has 0 unspecified atom stereocenters. The van der Waals surface area contributed by atoms with Crippen LogP contribution in [0.2, 0.25) is 0 Å². The minimum atomic E-state index is -4.65. The van der Waals surface area contributed by atoms with Crippen LogP contribution in [0.25, 0.3) is 27.6 Å². The molecule has 238 valence electrons. The Morgan fingerprint density at radius 1 is 1.11 bits per heavy atom. The highest BCUT2D eigenvalue weighted by molar-refractivity contribution is 5.83. The van der Waals surface area contributed by atoms with Gasteiger partial charge in [0.05, 0.1) is 68.4 Å². The van der Waals surface area contributed by atoms with Crippen LogP contribution in [-0.4, -0.2) is 55.6 Å². The number of alkyl halides is 3. The Morgan fingerprint density at radius 2 is 1.83 bits per heavy atom. The highest BCUT2D eigenvalue weighted by atomic mass is 19.4. The average Bonchev–Trinajstić information content (AvgIpc) is 3.72. The van der Waals surface area contributed by atoms with Crippen molar-refractivity contribution >= 4 is 11.7 Å². The molecule has 0 saturated heterocycles. The van der Waals surface area contributed by atoms with E-state index in [1.165, 1.54) is 23.0 Å². The van der Waals surface area contributed by atoms with Gasteiger partial charge < -0.3 is 14.2 Å². The number of oxazole rings is 1. The van der Waals surface area contributed by atoms with Gasteiger partial charge >= 0.3 is 17.9 Å². The quantitative estimate of drug-likeness (QED) is 0.160. The second kappa shape index (κ2) is 12.2. The van der Waals surface area contributed by atoms with Gasteiger partial charge in [-0.25, -0.2) is 28.7 Å². The Hall–Kier alpha value is -5.42. The first-order valence-electron chi connectivity index (χ1n) is 14.3. The first-order chi connectivity index (χ1) is 21.7. The molecule has 0 aliphatic rings. The van der Waals surface area contributed by atoms with Crippen LogP contribution in [-0.2, 0) is 12.7 Å². The van der Waals surface area contributed by atoms with Gasteiger partial charge in [-0.3, -0.25) is 4.57 Å². The molecule has 1 N–H and O–H groups in total. The summed E-state index contributed by atoms with van der Waals surface area (Å²) in [6.07, 6.45) is -1.21. The van der Waals surface area contributed by atoms with Crippen LogP contribution < -0.4 is 11.0 Å². The molecule has 0 saturated carbocycles. The highest BCUT2D eigenvalue weighted by Gasteiger charge is 2.32. The molecule has 0 aliphatic heterocycles. The molecule has 0 aliphatic carbocycles. The number of hydrogen-bond acceptors (Lipinski definition) is 5. The van der Waals surface area contributed by atoms with Crippen molar-refractivity contribution < 1.29 is 26.9 Å². The molecule has 11 nitrogen and oxygen atoms in total. The average molecular weight is 634 g/mol. The lowest BCUT2D eigenvalue weighted by atomic mass is 10.2. The lowest BCUT2D eigenvalue weighted by molar-refractivity contribution is -0.884. The third kappa shape index (κ3) is 6.36. The van der Waals surface area contributed by atoms with Gasteiger partial charge in [0.25, 0.3) is 0 Å². The SMILES string of the molecule is [C-]#[N+]c1ccc(-n2nccc2-c2c(C)n(-c3cccc(C(F)(F)F)c3)c(=O)n2C(=O)N[C@@H](CC)c2ncc(C[N+](C)(C)C)o2)cc1. The molecule has 46 heavy (non-hydrogen) atoms. The smallest absolute Gasteiger partial charge is 0.416 e. The summed E-state index contributed by atoms with van der Waals surface area (Å²) in [5.74, 6) is 0.876. The van der Waals surface area contributed by atoms with Gasteiger partial charge in [0.15, 0.2) is 11.4 Å². The zero-order valence-electron chi connectivity index (χ0n) is 25.8. The van der Waals surface area contributed by atoms with E-state index in [0.29, 0.717) is 40.3 Å². The number of nitrogens with zero attached hydrogens (tertiary/aromatic N) is 7. The predicted molar refractivity (Wildman–Crippen MR) is 164 cm³/mol. The molecule has 2 aromatic carbocycles. The fraction of sp³-hybridized carbons (Fsp3) is 0.281. The van der Waals surface area contributed by atoms with Crippen LogP contribution in [0.15, 0.2) is 76.2 Å². The maximum atomic E-state index is 14.1. The first kappa shape index (κ1) is 32.0. The second-order valence-corrected chi connectivity index (χ2v) is 11.7. The van der Waals surface area contributed by atoms with Gasteiger partial charge in [0.1, 0.15) is 18.3 Å². The molecule has 1 amide bonds. The Labute approximate surface area is 262 Å². The third-order valence-corrected chi connectivity index (χ3v) is 7.23. The van der Waals surface area contributed by atoms with Gasteiger partial charge in [-0.15, -0.1) is 0 Å². The molecule has 0 fully saturated rings. The molecular weight excluding hydrogens is 601 g/mol. The number of quaternary nitrogens is 1. The molecule has 1 atom stereocenters. The topological polar surface area (TPSA) is 104 Å². The number of carbonyl (C=O) groups excluding carboxylic acids is 1. The van der Waals surface area contributed by atoms with Gasteiger partial charge in [0.2, 0.25) is 5.89 Å². The standard InChI is InChI=1S/C32H31F3N8O3/c1-7-26(29-37-18-25(46-29)19-43(4,5)6)39-30(44)41-28(27-15-16-38-42(27)23-13-11-22(36-3)12-14-23)20(2)40(31(41)45)24-10-8-9-21(17-24)32(33,34)35/h8-18,26H,7,19H2,1-2,4-6H3/p+1/t26-/m0/s1. The molecule has 5 rings (SSSR count). The van der Waals surface area contributed by atoms with Crippen molar-refractivity contribution in [1.82, 2.24) is 29.2 Å². The largest absolute Gasteiger partial charge is 0.437 e. The summed E-state index contributed by atoms with van der Waals surface area (Å²) < 4.78 is 50.9. The zero-order valence-corrected chi connectivity index (χ0v) is 25.8. The minimum Gasteiger partial charge on any atom is -0.437 e. The van der Waals surface area contributed by atoms with Crippen LogP contribution >= 0.6 is 0 Å². The van der Waals surface area contributed by atoms with E-state index in [1.807, 2.05) is 28.1 Å². The van der Waals surface area contributed by atoms with E-state index in [0.717, 1.165) is 21.3 Å². The summed E-state index contributed by atoms with van der Waals surface area (Å²) in [5, 5.41) is 7.21. The Bertz CT molecular complexity index is 1990. The number of amides is 1. The first-order valence-corrected chi connectivity index (χ1v) is 14.3. The number of hydrogen-bond donors (Lipinski definition) is 1. The summed E-state index contributed by atoms with van der Waals surface area (Å²) >= 11 is 0. The van der Waals surface area contributed by atoms with Crippen molar-refractivity contribution in [3.8, 4) is 22.8 Å². The van der Waals surface area contributed by atoms with E-state index >= 15 is 0 Å². The van der Waals surface area contributed by atoms with E-state index in [9.17, 15) is 22.8 Å². The van der Waals surface area contributed by atoms with Gasteiger partial charge in [-0.05, 0) is 49.7 Å². The van der Waals surface area contributed by atoms with Gasteiger partial charge in [0, 0.05) is 0 Å². The number of imidazole rings is 1. The summed E-state index contributed by atoms with van der Waals surface area (Å²) in [4.78, 5) is 35.9. The number of aromatic nitrogens is 5. The number of benzene rings is 2. The van der Waals surface area contributed by atoms with Crippen molar-refractivity contribution in [2.45, 2.75) is 39.0 Å². The molecule has 0 radical (unpaired) electrons. The highest BCUT2D eigenvalue weighted by Crippen LogP contribution is 2.32. The fourth-order valence-corrected chi connectivity index (χ4v) is 5.15. The zero-order chi connectivity index (χ0) is 33.4.